The molecule has 0 unspecified atom stereocenters. The third kappa shape index (κ3) is 10.7. The van der Waals surface area contributed by atoms with Gasteiger partial charge in [-0.1, -0.05) is 126 Å². The second-order valence-corrected chi connectivity index (χ2v) is 29.5. The van der Waals surface area contributed by atoms with Gasteiger partial charge in [-0.3, -0.25) is 0 Å². The average Bonchev–Trinajstić information content (AvgIpc) is 3.85. The number of rotatable bonds is 6. The molecule has 8 aliphatic rings. The minimum atomic E-state index is -0.826. The van der Waals surface area contributed by atoms with Crippen molar-refractivity contribution in [2.75, 3.05) is 0 Å². The van der Waals surface area contributed by atoms with Crippen molar-refractivity contribution in [3.8, 4) is 22.3 Å². The van der Waals surface area contributed by atoms with E-state index in [1.54, 1.807) is 11.1 Å². The molecule has 6 aromatic rings. The number of benzene rings is 4. The molecule has 0 nitrogen and oxygen atoms in total. The van der Waals surface area contributed by atoms with Crippen LogP contribution in [-0.2, 0) is 44.5 Å². The van der Waals surface area contributed by atoms with E-state index in [2.05, 4.69) is 164 Å². The van der Waals surface area contributed by atoms with E-state index in [9.17, 15) is 0 Å². The van der Waals surface area contributed by atoms with Crippen LogP contribution in [0.1, 0.15) is 141 Å². The normalized spacial score (nSPS) is 28.0. The summed E-state index contributed by atoms with van der Waals surface area (Å²) in [7, 11) is 11.0. The summed E-state index contributed by atoms with van der Waals surface area (Å²) >= 11 is -0.826. The molecule has 8 fully saturated rings. The van der Waals surface area contributed by atoms with Crippen molar-refractivity contribution in [3.63, 3.8) is 0 Å². The van der Waals surface area contributed by atoms with Gasteiger partial charge in [0.15, 0.2) is 0 Å². The molecule has 0 heterocycles. The molecule has 0 amide bonds. The fourth-order valence-electron chi connectivity index (χ4n) is 15.5. The van der Waals surface area contributed by atoms with Gasteiger partial charge >= 0.3 is 37.9 Å². The molecule has 0 saturated heterocycles. The molecular formula is C62H76Cl2SiZr. The predicted molar refractivity (Wildman–Crippen MR) is 285 cm³/mol. The summed E-state index contributed by atoms with van der Waals surface area (Å²) in [6.45, 7) is 18.0. The molecule has 0 atom stereocenters. The van der Waals surface area contributed by atoms with Crippen molar-refractivity contribution < 1.29 is 20.8 Å². The van der Waals surface area contributed by atoms with Gasteiger partial charge in [-0.2, -0.15) is 12.1 Å². The maximum atomic E-state index is 4.93. The Morgan fingerprint density at radius 1 is 0.500 bits per heavy atom. The summed E-state index contributed by atoms with van der Waals surface area (Å²) < 4.78 is 0. The Balaban J connectivity index is 0.000000149. The first-order chi connectivity index (χ1) is 31.6. The van der Waals surface area contributed by atoms with Crippen LogP contribution in [0.3, 0.4) is 0 Å². The zero-order chi connectivity index (χ0) is 46.4. The van der Waals surface area contributed by atoms with Gasteiger partial charge in [0.05, 0.1) is 0 Å². The molecule has 8 aliphatic carbocycles. The SMILES string of the molecule is CC(C)(C)c1ccc(-c2cccc3[cH-]c(CC45CC6CC(CC(C6)C4)C5)cc23)cc1.CC(C)(C)c1ccc(-c2cccc3[cH-]c(CC45CC6CC(CC(C6)C4)C5)cc23)cc1.C[Si]C.[Cl][Zr+2][Cl]. The molecule has 0 spiro atoms. The van der Waals surface area contributed by atoms with Gasteiger partial charge in [-0.25, -0.2) is 0 Å². The molecule has 6 aromatic carbocycles. The number of fused-ring (bicyclic) bond motifs is 2. The van der Waals surface area contributed by atoms with Crippen molar-refractivity contribution >= 4 is 48.1 Å². The Labute approximate surface area is 421 Å². The van der Waals surface area contributed by atoms with E-state index in [1.807, 2.05) is 0 Å². The summed E-state index contributed by atoms with van der Waals surface area (Å²) in [5, 5.41) is 5.74. The van der Waals surface area contributed by atoms with Crippen LogP contribution in [0.2, 0.25) is 13.1 Å². The second-order valence-electron chi connectivity index (χ2n) is 24.8. The average molecular weight is 1010 g/mol. The molecule has 2 radical (unpaired) electrons. The van der Waals surface area contributed by atoms with Gasteiger partial charge in [0.25, 0.3) is 0 Å². The first-order valence-corrected chi connectivity index (χ1v) is 34.0. The molecule has 0 aromatic heterocycles. The van der Waals surface area contributed by atoms with E-state index in [0.29, 0.717) is 10.8 Å². The number of halogens is 2. The van der Waals surface area contributed by atoms with Gasteiger partial charge in [-0.05, 0) is 169 Å². The monoisotopic (exact) mass is 1010 g/mol. The van der Waals surface area contributed by atoms with E-state index in [-0.39, 0.29) is 10.8 Å². The van der Waals surface area contributed by atoms with Gasteiger partial charge in [0.1, 0.15) is 0 Å². The Hall–Kier alpha value is -2.22. The van der Waals surface area contributed by atoms with Gasteiger partial charge < -0.3 is 0 Å². The van der Waals surface area contributed by atoms with E-state index in [0.717, 1.165) is 45.0 Å². The molecule has 66 heavy (non-hydrogen) atoms. The molecular weight excluding hydrogens is 935 g/mol. The number of hydrogen-bond acceptors (Lipinski definition) is 0. The predicted octanol–water partition coefficient (Wildman–Crippen LogP) is 18.7. The maximum absolute atomic E-state index is 4.93. The zero-order valence-electron chi connectivity index (χ0n) is 41.5. The van der Waals surface area contributed by atoms with Gasteiger partial charge in [-0.15, -0.1) is 69.1 Å². The standard InChI is InChI=1S/2C30H35.C2H6Si.2ClH.Zr/c2*1-29(2,3)26-9-7-24(8-10-26)27-6-4-5-25-14-23(15-28(25)27)19-30-16-20-11-21(17-30)13-22(12-20)18-30;1-3-2;;;/h2*4-10,14-15,20-22H,11-13,16-19H2,1-3H3;1-2H3;2*1H;/q2*-1;;;;+4/p-2. The molecule has 8 saturated carbocycles. The molecule has 0 N–H and O–H groups in total. The topological polar surface area (TPSA) is 0 Å². The van der Waals surface area contributed by atoms with Crippen molar-refractivity contribution in [1.82, 2.24) is 0 Å². The van der Waals surface area contributed by atoms with E-state index < -0.39 is 20.8 Å². The quantitative estimate of drug-likeness (QED) is 0.115. The van der Waals surface area contributed by atoms with Gasteiger partial charge in [0, 0.05) is 9.52 Å². The Morgan fingerprint density at radius 3 is 1.06 bits per heavy atom. The Bertz CT molecular complexity index is 2310. The summed E-state index contributed by atoms with van der Waals surface area (Å²) in [6.07, 6.45) is 20.9. The zero-order valence-corrected chi connectivity index (χ0v) is 46.5. The van der Waals surface area contributed by atoms with Crippen LogP contribution >= 0.6 is 17.0 Å². The van der Waals surface area contributed by atoms with E-state index in [1.165, 1.54) is 145 Å². The number of hydrogen-bond donors (Lipinski definition) is 0. The van der Waals surface area contributed by atoms with Crippen LogP contribution in [0.25, 0.3) is 43.8 Å². The molecule has 346 valence electrons. The van der Waals surface area contributed by atoms with E-state index in [4.69, 9.17) is 17.0 Å². The van der Waals surface area contributed by atoms with Crippen molar-refractivity contribution in [2.45, 2.75) is 155 Å². The van der Waals surface area contributed by atoms with Crippen LogP contribution in [0.5, 0.6) is 0 Å². The minimum absolute atomic E-state index is 0.204. The van der Waals surface area contributed by atoms with Gasteiger partial charge in [0.2, 0.25) is 0 Å². The van der Waals surface area contributed by atoms with Crippen LogP contribution in [0.4, 0.5) is 0 Å². The first-order valence-electron chi connectivity index (χ1n) is 25.7. The van der Waals surface area contributed by atoms with Crippen molar-refractivity contribution in [2.24, 2.45) is 46.3 Å². The summed E-state index contributed by atoms with van der Waals surface area (Å²) in [5.74, 6) is 6.24. The van der Waals surface area contributed by atoms with E-state index >= 15 is 0 Å². The van der Waals surface area contributed by atoms with Crippen molar-refractivity contribution in [1.29, 1.82) is 0 Å². The summed E-state index contributed by atoms with van der Waals surface area (Å²) in [4.78, 5) is 0. The molecule has 8 bridgehead atoms. The van der Waals surface area contributed by atoms with Crippen LogP contribution in [-0.4, -0.2) is 9.52 Å². The summed E-state index contributed by atoms with van der Waals surface area (Å²) in [5.41, 5.74) is 13.1. The fraction of sp³-hybridized carbons (Fsp3) is 0.516. The second kappa shape index (κ2) is 19.9. The fourth-order valence-corrected chi connectivity index (χ4v) is 15.5. The molecule has 0 aliphatic heterocycles. The molecule has 4 heteroatoms. The Morgan fingerprint density at radius 2 is 0.788 bits per heavy atom. The van der Waals surface area contributed by atoms with Crippen molar-refractivity contribution in [3.05, 3.63) is 131 Å². The Kier molecular flexibility index (Phi) is 14.7. The molecule has 14 rings (SSSR count). The van der Waals surface area contributed by atoms with Crippen LogP contribution in [0.15, 0.2) is 109 Å². The summed E-state index contributed by atoms with van der Waals surface area (Å²) in [6, 6.07) is 42.3. The van der Waals surface area contributed by atoms with Crippen LogP contribution < -0.4 is 0 Å². The first kappa shape index (κ1) is 48.8. The third-order valence-electron chi connectivity index (χ3n) is 17.2. The van der Waals surface area contributed by atoms with Crippen LogP contribution in [0, 0.1) is 46.3 Å². The third-order valence-corrected chi connectivity index (χ3v) is 17.2.